The normalized spacial score (nSPS) is 18.7. The van der Waals surface area contributed by atoms with Crippen LogP contribution in [-0.4, -0.2) is 65.3 Å². The Hall–Kier alpha value is -3.29. The average Bonchev–Trinajstić information content (AvgIpc) is 3.32. The summed E-state index contributed by atoms with van der Waals surface area (Å²) in [6, 6.07) is 13.6. The highest BCUT2D eigenvalue weighted by atomic mass is 16.6. The summed E-state index contributed by atoms with van der Waals surface area (Å²) in [7, 11) is 0. The third kappa shape index (κ3) is 5.79. The van der Waals surface area contributed by atoms with Crippen molar-refractivity contribution in [2.45, 2.75) is 51.9 Å². The Morgan fingerprint density at radius 1 is 0.971 bits per heavy atom. The minimum atomic E-state index is -0.510. The molecular weight excluding hydrogens is 432 g/mol. The molecule has 0 aliphatic carbocycles. The van der Waals surface area contributed by atoms with Crippen LogP contribution >= 0.6 is 0 Å². The van der Waals surface area contributed by atoms with E-state index in [1.807, 2.05) is 62.1 Å². The molecule has 2 amide bonds. The number of hydrogen-bond donors (Lipinski definition) is 0. The first kappa shape index (κ1) is 23.9. The number of ether oxygens (including phenoxy) is 2. The van der Waals surface area contributed by atoms with E-state index in [0.717, 1.165) is 29.8 Å². The molecule has 8 nitrogen and oxygen atoms in total. The van der Waals surface area contributed by atoms with Gasteiger partial charge in [-0.3, -0.25) is 0 Å². The molecule has 1 unspecified atom stereocenters. The van der Waals surface area contributed by atoms with Crippen molar-refractivity contribution >= 4 is 18.0 Å². The summed E-state index contributed by atoms with van der Waals surface area (Å²) in [5, 5.41) is 0. The minimum Gasteiger partial charge on any atom is -0.445 e. The van der Waals surface area contributed by atoms with Gasteiger partial charge >= 0.3 is 12.2 Å². The molecule has 0 radical (unpaired) electrons. The lowest BCUT2D eigenvalue weighted by molar-refractivity contribution is 0.0240. The summed E-state index contributed by atoms with van der Waals surface area (Å²) in [6.07, 6.45) is 3.00. The van der Waals surface area contributed by atoms with Crippen molar-refractivity contribution in [2.75, 3.05) is 37.6 Å². The summed E-state index contributed by atoms with van der Waals surface area (Å²) in [5.41, 5.74) is 1.49. The second-order valence-corrected chi connectivity index (χ2v) is 9.76. The van der Waals surface area contributed by atoms with E-state index in [-0.39, 0.29) is 24.8 Å². The van der Waals surface area contributed by atoms with Gasteiger partial charge in [0.25, 0.3) is 0 Å². The lowest BCUT2D eigenvalue weighted by Gasteiger charge is -2.37. The maximum Gasteiger partial charge on any atom is 0.410 e. The van der Waals surface area contributed by atoms with Crippen molar-refractivity contribution in [1.29, 1.82) is 0 Å². The second kappa shape index (κ2) is 10.3. The number of piperazine rings is 1. The number of benzene rings is 1. The molecule has 0 bridgehead atoms. The maximum atomic E-state index is 12.9. The molecule has 2 aromatic rings. The van der Waals surface area contributed by atoms with Crippen LogP contribution in [0.4, 0.5) is 15.4 Å². The lowest BCUT2D eigenvalue weighted by Crippen LogP contribution is -2.50. The van der Waals surface area contributed by atoms with Gasteiger partial charge in [-0.2, -0.15) is 0 Å². The van der Waals surface area contributed by atoms with Crippen molar-refractivity contribution in [1.82, 2.24) is 14.8 Å². The Labute approximate surface area is 201 Å². The Morgan fingerprint density at radius 2 is 1.71 bits per heavy atom. The van der Waals surface area contributed by atoms with Crippen LogP contribution in [0.25, 0.3) is 0 Å². The van der Waals surface area contributed by atoms with Crippen LogP contribution < -0.4 is 4.90 Å². The zero-order valence-electron chi connectivity index (χ0n) is 20.3. The SMILES string of the molecule is CC(C)(C)OC(=O)N1CCN(c2ncccc2C2CCCN2C(=O)OCc2ccccc2)CC1. The van der Waals surface area contributed by atoms with Crippen LogP contribution in [-0.2, 0) is 16.1 Å². The molecule has 2 aliphatic rings. The number of anilines is 1. The van der Waals surface area contributed by atoms with Crippen LogP contribution in [0.2, 0.25) is 0 Å². The van der Waals surface area contributed by atoms with E-state index in [0.29, 0.717) is 32.7 Å². The van der Waals surface area contributed by atoms with Gasteiger partial charge in [0.05, 0.1) is 6.04 Å². The fourth-order valence-electron chi connectivity index (χ4n) is 4.47. The smallest absolute Gasteiger partial charge is 0.410 e. The Bertz CT molecular complexity index is 984. The van der Waals surface area contributed by atoms with Crippen LogP contribution in [0, 0.1) is 0 Å². The Morgan fingerprint density at radius 3 is 2.41 bits per heavy atom. The van der Waals surface area contributed by atoms with Crippen molar-refractivity contribution in [2.24, 2.45) is 0 Å². The highest BCUT2D eigenvalue weighted by Crippen LogP contribution is 2.37. The topological polar surface area (TPSA) is 75.2 Å². The first-order valence-electron chi connectivity index (χ1n) is 12.0. The molecule has 34 heavy (non-hydrogen) atoms. The summed E-state index contributed by atoms with van der Waals surface area (Å²) < 4.78 is 11.1. The molecular formula is C26H34N4O4. The van der Waals surface area contributed by atoms with Crippen LogP contribution in [0.1, 0.15) is 50.8 Å². The number of carbonyl (C=O) groups is 2. The molecule has 2 saturated heterocycles. The molecule has 8 heteroatoms. The van der Waals surface area contributed by atoms with E-state index in [1.165, 1.54) is 0 Å². The Balaban J connectivity index is 1.41. The fourth-order valence-corrected chi connectivity index (χ4v) is 4.47. The van der Waals surface area contributed by atoms with Crippen molar-refractivity contribution < 1.29 is 19.1 Å². The number of nitrogens with zero attached hydrogens (tertiary/aromatic N) is 4. The molecule has 1 aromatic carbocycles. The van der Waals surface area contributed by atoms with Crippen molar-refractivity contribution in [3.8, 4) is 0 Å². The van der Waals surface area contributed by atoms with Crippen LogP contribution in [0.3, 0.4) is 0 Å². The van der Waals surface area contributed by atoms with Gasteiger partial charge in [0.2, 0.25) is 0 Å². The number of pyridine rings is 1. The molecule has 1 aromatic heterocycles. The summed E-state index contributed by atoms with van der Waals surface area (Å²) in [5.74, 6) is 0.874. The van der Waals surface area contributed by atoms with E-state index in [2.05, 4.69) is 16.0 Å². The minimum absolute atomic E-state index is 0.0733. The molecule has 2 aliphatic heterocycles. The number of aromatic nitrogens is 1. The number of hydrogen-bond acceptors (Lipinski definition) is 6. The van der Waals surface area contributed by atoms with E-state index in [9.17, 15) is 9.59 Å². The molecule has 182 valence electrons. The lowest BCUT2D eigenvalue weighted by atomic mass is 10.0. The maximum absolute atomic E-state index is 12.9. The summed E-state index contributed by atoms with van der Waals surface area (Å²) in [4.78, 5) is 35.8. The summed E-state index contributed by atoms with van der Waals surface area (Å²) >= 11 is 0. The van der Waals surface area contributed by atoms with E-state index >= 15 is 0 Å². The average molecular weight is 467 g/mol. The molecule has 4 rings (SSSR count). The van der Waals surface area contributed by atoms with Gasteiger partial charge in [-0.15, -0.1) is 0 Å². The van der Waals surface area contributed by atoms with E-state index in [4.69, 9.17) is 9.47 Å². The second-order valence-electron chi connectivity index (χ2n) is 9.76. The number of amides is 2. The van der Waals surface area contributed by atoms with Gasteiger partial charge in [0, 0.05) is 44.5 Å². The predicted molar refractivity (Wildman–Crippen MR) is 130 cm³/mol. The third-order valence-corrected chi connectivity index (χ3v) is 6.10. The van der Waals surface area contributed by atoms with Crippen molar-refractivity contribution in [3.63, 3.8) is 0 Å². The van der Waals surface area contributed by atoms with Gasteiger partial charge in [-0.25, -0.2) is 14.6 Å². The van der Waals surface area contributed by atoms with Gasteiger partial charge in [0.15, 0.2) is 0 Å². The fraction of sp³-hybridized carbons (Fsp3) is 0.500. The quantitative estimate of drug-likeness (QED) is 0.655. The Kier molecular flexibility index (Phi) is 7.24. The van der Waals surface area contributed by atoms with Gasteiger partial charge in [-0.1, -0.05) is 36.4 Å². The van der Waals surface area contributed by atoms with Gasteiger partial charge < -0.3 is 24.2 Å². The molecule has 3 heterocycles. The first-order valence-corrected chi connectivity index (χ1v) is 12.0. The third-order valence-electron chi connectivity index (χ3n) is 6.10. The van der Waals surface area contributed by atoms with E-state index in [1.54, 1.807) is 11.1 Å². The van der Waals surface area contributed by atoms with Gasteiger partial charge in [-0.05, 0) is 45.2 Å². The number of likely N-dealkylation sites (tertiary alicyclic amines) is 1. The summed E-state index contributed by atoms with van der Waals surface area (Å²) in [6.45, 7) is 9.01. The highest BCUT2D eigenvalue weighted by Gasteiger charge is 2.35. The van der Waals surface area contributed by atoms with Crippen LogP contribution in [0.15, 0.2) is 48.7 Å². The molecule has 0 N–H and O–H groups in total. The molecule has 0 spiro atoms. The zero-order chi connectivity index (χ0) is 24.1. The predicted octanol–water partition coefficient (Wildman–Crippen LogP) is 4.61. The monoisotopic (exact) mass is 466 g/mol. The van der Waals surface area contributed by atoms with Gasteiger partial charge in [0.1, 0.15) is 18.0 Å². The molecule has 2 fully saturated rings. The zero-order valence-corrected chi connectivity index (χ0v) is 20.3. The van der Waals surface area contributed by atoms with Crippen molar-refractivity contribution in [3.05, 3.63) is 59.8 Å². The highest BCUT2D eigenvalue weighted by molar-refractivity contribution is 5.70. The van der Waals surface area contributed by atoms with Crippen LogP contribution in [0.5, 0.6) is 0 Å². The number of rotatable bonds is 4. The van der Waals surface area contributed by atoms with E-state index < -0.39 is 5.60 Å². The standard InChI is InChI=1S/C26H34N4O4/c1-26(2,3)34-24(31)29-17-15-28(16-18-29)23-21(11-7-13-27-23)22-12-8-14-30(22)25(32)33-19-20-9-5-4-6-10-20/h4-7,9-11,13,22H,8,12,14-19H2,1-3H3. The number of carbonyl (C=O) groups excluding carboxylic acids is 2. The largest absolute Gasteiger partial charge is 0.445 e. The first-order chi connectivity index (χ1) is 16.3. The molecule has 1 atom stereocenters. The molecule has 0 saturated carbocycles.